The molecule has 2 N–H and O–H groups in total. The Morgan fingerprint density at radius 1 is 1.03 bits per heavy atom. The predicted octanol–water partition coefficient (Wildman–Crippen LogP) is 3.91. The van der Waals surface area contributed by atoms with E-state index in [9.17, 15) is 27.2 Å². The topological polar surface area (TPSA) is 88.4 Å². The maximum Gasteiger partial charge on any atom is 0.416 e. The van der Waals surface area contributed by atoms with E-state index in [1.165, 1.54) is 17.4 Å². The molecule has 0 unspecified atom stereocenters. The molecule has 7 nitrogen and oxygen atoms in total. The van der Waals surface area contributed by atoms with E-state index in [2.05, 4.69) is 20.7 Å². The smallest absolute Gasteiger partial charge is 0.347 e. The van der Waals surface area contributed by atoms with Gasteiger partial charge in [0, 0.05) is 24.0 Å². The second kappa shape index (κ2) is 8.98. The van der Waals surface area contributed by atoms with Crippen molar-refractivity contribution >= 4 is 33.8 Å². The zero-order chi connectivity index (χ0) is 23.6. The van der Waals surface area contributed by atoms with Crippen molar-refractivity contribution in [1.29, 1.82) is 0 Å². The van der Waals surface area contributed by atoms with Crippen LogP contribution in [0.4, 0.5) is 23.2 Å². The minimum atomic E-state index is -4.49. The third-order valence-electron chi connectivity index (χ3n) is 4.61. The van der Waals surface area contributed by atoms with Crippen molar-refractivity contribution in [2.75, 3.05) is 11.9 Å². The molecular formula is C21H15F4N5O2S. The number of carbonyl (C=O) groups is 2. The molecule has 2 amide bonds. The van der Waals surface area contributed by atoms with Gasteiger partial charge < -0.3 is 10.6 Å². The lowest BCUT2D eigenvalue weighted by atomic mass is 10.2. The lowest BCUT2D eigenvalue weighted by molar-refractivity contribution is -0.137. The minimum absolute atomic E-state index is 0.0611. The molecule has 0 saturated heterocycles. The fourth-order valence-corrected chi connectivity index (χ4v) is 3.82. The van der Waals surface area contributed by atoms with Crippen LogP contribution in [0.5, 0.6) is 0 Å². The Morgan fingerprint density at radius 2 is 1.76 bits per heavy atom. The van der Waals surface area contributed by atoms with E-state index in [1.807, 2.05) is 0 Å². The van der Waals surface area contributed by atoms with Crippen molar-refractivity contribution in [3.05, 3.63) is 71.0 Å². The zero-order valence-corrected chi connectivity index (χ0v) is 17.5. The SMILES string of the molecule is O=C(NCCc1csc2nc(-c3ccccc3F)nn12)C(=O)Nc1ccc(C(F)(F)F)cc1. The standard InChI is InChI=1S/C21H15F4N5O2S/c22-16-4-2-1-3-15(16)17-28-20-30(29-17)14(11-33-20)9-10-26-18(31)19(32)27-13-7-5-12(6-8-13)21(23,24)25/h1-8,11H,9-10H2,(H,26,31)(H,27,32). The number of thiazole rings is 1. The molecule has 0 aliphatic carbocycles. The summed E-state index contributed by atoms with van der Waals surface area (Å²) < 4.78 is 53.3. The van der Waals surface area contributed by atoms with Crippen LogP contribution in [0.3, 0.4) is 0 Å². The Hall–Kier alpha value is -3.80. The van der Waals surface area contributed by atoms with Gasteiger partial charge in [0.05, 0.1) is 16.8 Å². The number of rotatable bonds is 5. The highest BCUT2D eigenvalue weighted by molar-refractivity contribution is 7.15. The molecule has 0 spiro atoms. The van der Waals surface area contributed by atoms with Crippen molar-refractivity contribution < 1.29 is 27.2 Å². The molecule has 0 aliphatic rings. The van der Waals surface area contributed by atoms with Crippen LogP contribution in [0.2, 0.25) is 0 Å². The summed E-state index contributed by atoms with van der Waals surface area (Å²) in [5.74, 6) is -2.15. The van der Waals surface area contributed by atoms with Gasteiger partial charge in [-0.1, -0.05) is 12.1 Å². The van der Waals surface area contributed by atoms with Crippen molar-refractivity contribution in [2.45, 2.75) is 12.6 Å². The Bertz CT molecular complexity index is 1310. The molecule has 4 rings (SSSR count). The van der Waals surface area contributed by atoms with Gasteiger partial charge in [0.15, 0.2) is 5.82 Å². The Balaban J connectivity index is 1.34. The summed E-state index contributed by atoms with van der Waals surface area (Å²) in [6.07, 6.45) is -4.17. The molecule has 4 aromatic rings. The number of benzene rings is 2. The second-order valence-corrected chi connectivity index (χ2v) is 7.71. The number of hydrogen-bond donors (Lipinski definition) is 2. The Labute approximate surface area is 188 Å². The highest BCUT2D eigenvalue weighted by Gasteiger charge is 2.30. The van der Waals surface area contributed by atoms with Crippen molar-refractivity contribution in [3.63, 3.8) is 0 Å². The number of alkyl halides is 3. The van der Waals surface area contributed by atoms with Crippen LogP contribution in [-0.2, 0) is 22.2 Å². The quantitative estimate of drug-likeness (QED) is 0.337. The molecule has 33 heavy (non-hydrogen) atoms. The molecule has 0 radical (unpaired) electrons. The first kappa shape index (κ1) is 22.4. The lowest BCUT2D eigenvalue weighted by Gasteiger charge is -2.09. The third-order valence-corrected chi connectivity index (χ3v) is 5.47. The molecule has 0 atom stereocenters. The molecule has 0 aliphatic heterocycles. The van der Waals surface area contributed by atoms with Gasteiger partial charge in [-0.2, -0.15) is 18.2 Å². The fourth-order valence-electron chi connectivity index (χ4n) is 2.97. The molecule has 12 heteroatoms. The van der Waals surface area contributed by atoms with Crippen molar-refractivity contribution in [3.8, 4) is 11.4 Å². The van der Waals surface area contributed by atoms with E-state index in [0.717, 1.165) is 24.3 Å². The van der Waals surface area contributed by atoms with Gasteiger partial charge in [0.1, 0.15) is 5.82 Å². The largest absolute Gasteiger partial charge is 0.416 e. The molecule has 170 valence electrons. The number of halogens is 4. The Morgan fingerprint density at radius 3 is 2.45 bits per heavy atom. The van der Waals surface area contributed by atoms with E-state index < -0.39 is 29.4 Å². The highest BCUT2D eigenvalue weighted by Crippen LogP contribution is 2.29. The molecule has 0 fully saturated rings. The summed E-state index contributed by atoms with van der Waals surface area (Å²) in [6, 6.07) is 9.88. The zero-order valence-electron chi connectivity index (χ0n) is 16.7. The normalized spacial score (nSPS) is 11.5. The number of amides is 2. The fraction of sp³-hybridized carbons (Fsp3) is 0.143. The van der Waals surface area contributed by atoms with E-state index in [4.69, 9.17) is 0 Å². The van der Waals surface area contributed by atoms with Gasteiger partial charge in [0.25, 0.3) is 0 Å². The van der Waals surface area contributed by atoms with E-state index in [0.29, 0.717) is 17.1 Å². The van der Waals surface area contributed by atoms with Gasteiger partial charge in [0.2, 0.25) is 4.96 Å². The van der Waals surface area contributed by atoms with Gasteiger partial charge in [-0.15, -0.1) is 16.4 Å². The van der Waals surface area contributed by atoms with Crippen molar-refractivity contribution in [1.82, 2.24) is 19.9 Å². The number of nitrogens with one attached hydrogen (secondary N) is 2. The summed E-state index contributed by atoms with van der Waals surface area (Å²) >= 11 is 1.30. The maximum absolute atomic E-state index is 14.0. The summed E-state index contributed by atoms with van der Waals surface area (Å²) in [6.45, 7) is 0.0972. The number of fused-ring (bicyclic) bond motifs is 1. The van der Waals surface area contributed by atoms with Crippen LogP contribution in [0, 0.1) is 5.82 Å². The lowest BCUT2D eigenvalue weighted by Crippen LogP contribution is -2.36. The monoisotopic (exact) mass is 477 g/mol. The molecule has 2 aromatic carbocycles. The average molecular weight is 477 g/mol. The first-order valence-corrected chi connectivity index (χ1v) is 10.4. The van der Waals surface area contributed by atoms with Crippen LogP contribution >= 0.6 is 11.3 Å². The number of aromatic nitrogens is 3. The predicted molar refractivity (Wildman–Crippen MR) is 113 cm³/mol. The number of hydrogen-bond acceptors (Lipinski definition) is 5. The maximum atomic E-state index is 14.0. The van der Waals surface area contributed by atoms with Crippen LogP contribution in [0.1, 0.15) is 11.3 Å². The summed E-state index contributed by atoms with van der Waals surface area (Å²) in [7, 11) is 0. The van der Waals surface area contributed by atoms with Crippen LogP contribution in [-0.4, -0.2) is 33.0 Å². The molecule has 2 heterocycles. The van der Waals surface area contributed by atoms with Gasteiger partial charge >= 0.3 is 18.0 Å². The Kier molecular flexibility index (Phi) is 6.09. The number of anilines is 1. The van der Waals surface area contributed by atoms with Gasteiger partial charge in [-0.05, 0) is 36.4 Å². The van der Waals surface area contributed by atoms with E-state index in [-0.39, 0.29) is 23.6 Å². The van der Waals surface area contributed by atoms with Crippen molar-refractivity contribution in [2.24, 2.45) is 0 Å². The van der Waals surface area contributed by atoms with E-state index in [1.54, 1.807) is 28.1 Å². The highest BCUT2D eigenvalue weighted by atomic mass is 32.1. The summed E-state index contributed by atoms with van der Waals surface area (Å²) in [4.78, 5) is 28.9. The minimum Gasteiger partial charge on any atom is -0.347 e. The first-order valence-electron chi connectivity index (χ1n) is 9.57. The van der Waals surface area contributed by atoms with E-state index >= 15 is 0 Å². The van der Waals surface area contributed by atoms with Gasteiger partial charge in [-0.3, -0.25) is 9.59 Å². The first-order chi connectivity index (χ1) is 15.7. The molecule has 0 bridgehead atoms. The summed E-state index contributed by atoms with van der Waals surface area (Å²) in [5.41, 5.74) is 0.172. The number of carbonyl (C=O) groups excluding carboxylic acids is 2. The van der Waals surface area contributed by atoms with Crippen LogP contribution in [0.25, 0.3) is 16.3 Å². The molecule has 2 aromatic heterocycles. The average Bonchev–Trinajstić information content (AvgIpc) is 3.35. The molecular weight excluding hydrogens is 462 g/mol. The summed E-state index contributed by atoms with van der Waals surface area (Å²) in [5, 5.41) is 10.8. The second-order valence-electron chi connectivity index (χ2n) is 6.87. The third kappa shape index (κ3) is 5.00. The van der Waals surface area contributed by atoms with Crippen LogP contribution in [0.15, 0.2) is 53.9 Å². The van der Waals surface area contributed by atoms with Crippen LogP contribution < -0.4 is 10.6 Å². The number of nitrogens with zero attached hydrogens (tertiary/aromatic N) is 3. The molecule has 0 saturated carbocycles. The van der Waals surface area contributed by atoms with Gasteiger partial charge in [-0.25, -0.2) is 8.91 Å².